The largest absolute Gasteiger partial charge is 0.387 e. The van der Waals surface area contributed by atoms with E-state index in [0.29, 0.717) is 11.4 Å². The lowest BCUT2D eigenvalue weighted by molar-refractivity contribution is -0.130. The highest BCUT2D eigenvalue weighted by atomic mass is 32.1. The van der Waals surface area contributed by atoms with Gasteiger partial charge in [-0.05, 0) is 25.4 Å². The summed E-state index contributed by atoms with van der Waals surface area (Å²) < 4.78 is 13.2. The fourth-order valence-electron chi connectivity index (χ4n) is 3.01. The Bertz CT molecular complexity index is 1160. The Hall–Kier alpha value is -3.01. The molecule has 2 heterocycles. The zero-order valence-corrected chi connectivity index (χ0v) is 20.7. The minimum Gasteiger partial charge on any atom is -0.387 e. The van der Waals surface area contributed by atoms with Gasteiger partial charge in [0.1, 0.15) is 22.2 Å². The van der Waals surface area contributed by atoms with Crippen molar-refractivity contribution in [1.82, 2.24) is 19.2 Å². The van der Waals surface area contributed by atoms with E-state index in [1.165, 1.54) is 23.1 Å². The van der Waals surface area contributed by atoms with Crippen LogP contribution in [0.5, 0.6) is 0 Å². The minimum absolute atomic E-state index is 0.144. The molecule has 4 aromatic rings. The summed E-state index contributed by atoms with van der Waals surface area (Å²) in [4.78, 5) is 13.4. The quantitative estimate of drug-likeness (QED) is 0.388. The van der Waals surface area contributed by atoms with Crippen LogP contribution in [0.25, 0.3) is 22.5 Å². The predicted molar refractivity (Wildman–Crippen MR) is 134 cm³/mol. The average molecular weight is 482 g/mol. The molecule has 0 aliphatic carbocycles. The van der Waals surface area contributed by atoms with Crippen molar-refractivity contribution in [3.8, 4) is 22.5 Å². The Morgan fingerprint density at radius 3 is 1.97 bits per heavy atom. The first-order valence-electron chi connectivity index (χ1n) is 10.4. The Balaban J connectivity index is 0.000000215. The van der Waals surface area contributed by atoms with Crippen LogP contribution in [0.2, 0.25) is 0 Å². The van der Waals surface area contributed by atoms with Gasteiger partial charge in [-0.25, -0.2) is 0 Å². The van der Waals surface area contributed by atoms with Gasteiger partial charge in [-0.3, -0.25) is 4.79 Å². The van der Waals surface area contributed by atoms with Gasteiger partial charge in [0.25, 0.3) is 0 Å². The van der Waals surface area contributed by atoms with Crippen molar-refractivity contribution in [2.24, 2.45) is 5.92 Å². The molecule has 0 fully saturated rings. The first kappa shape index (κ1) is 24.6. The summed E-state index contributed by atoms with van der Waals surface area (Å²) in [7, 11) is 1.63. The molecule has 0 bridgehead atoms. The van der Waals surface area contributed by atoms with E-state index < -0.39 is 5.60 Å². The van der Waals surface area contributed by atoms with Gasteiger partial charge in [0.15, 0.2) is 0 Å². The molecular weight excluding hydrogens is 454 g/mol. The van der Waals surface area contributed by atoms with Gasteiger partial charge in [-0.1, -0.05) is 76.6 Å². The number of hydrogen-bond donors (Lipinski definition) is 1. The number of aromatic nitrogens is 4. The molecule has 0 saturated heterocycles. The Morgan fingerprint density at radius 2 is 1.45 bits per heavy atom. The van der Waals surface area contributed by atoms with Crippen molar-refractivity contribution in [1.29, 1.82) is 0 Å². The van der Waals surface area contributed by atoms with Gasteiger partial charge < -0.3 is 10.5 Å². The SMILES string of the molecule is COC(C)(C)C(C)C(=O)Cc1snnc1-c1ccccc1.Nc1snnc1-c1ccccc1. The van der Waals surface area contributed by atoms with Crippen molar-refractivity contribution in [3.63, 3.8) is 0 Å². The lowest BCUT2D eigenvalue weighted by Gasteiger charge is -2.29. The molecule has 0 aliphatic rings. The predicted octanol–water partition coefficient (Wildman–Crippen LogP) is 5.17. The standard InChI is InChI=1S/C16H20N2O2S.C8H7N3S/c1-11(16(2,3)20-4)13(19)10-14-15(17-18-21-14)12-8-6-5-7-9-12;9-8-7(10-11-12-8)6-4-2-1-3-5-6/h5-9,11H,10H2,1-4H3;1-5H,9H2. The van der Waals surface area contributed by atoms with Crippen molar-refractivity contribution in [3.05, 3.63) is 65.5 Å². The number of rotatable bonds is 7. The van der Waals surface area contributed by atoms with E-state index in [-0.39, 0.29) is 11.7 Å². The highest BCUT2D eigenvalue weighted by Crippen LogP contribution is 2.28. The molecule has 33 heavy (non-hydrogen) atoms. The maximum atomic E-state index is 12.5. The molecule has 2 aromatic carbocycles. The lowest BCUT2D eigenvalue weighted by atomic mass is 9.87. The molecule has 9 heteroatoms. The number of methoxy groups -OCH3 is 1. The second kappa shape index (κ2) is 11.2. The molecule has 0 saturated carbocycles. The first-order valence-corrected chi connectivity index (χ1v) is 12.0. The van der Waals surface area contributed by atoms with Gasteiger partial charge in [-0.2, -0.15) is 0 Å². The smallest absolute Gasteiger partial charge is 0.143 e. The number of ketones is 1. The summed E-state index contributed by atoms with van der Waals surface area (Å²) in [5, 5.41) is 8.76. The Labute approximate surface area is 202 Å². The Kier molecular flexibility index (Phi) is 8.37. The van der Waals surface area contributed by atoms with E-state index >= 15 is 0 Å². The zero-order chi connectivity index (χ0) is 23.8. The number of carbonyl (C=O) groups excluding carboxylic acids is 1. The van der Waals surface area contributed by atoms with E-state index in [2.05, 4.69) is 19.2 Å². The fourth-order valence-corrected chi connectivity index (χ4v) is 4.14. The van der Waals surface area contributed by atoms with Crippen LogP contribution in [0.3, 0.4) is 0 Å². The van der Waals surface area contributed by atoms with E-state index in [9.17, 15) is 4.79 Å². The third-order valence-corrected chi connectivity index (χ3v) is 6.83. The van der Waals surface area contributed by atoms with Crippen LogP contribution < -0.4 is 5.73 Å². The molecule has 2 N–H and O–H groups in total. The summed E-state index contributed by atoms with van der Waals surface area (Å²) in [6, 6.07) is 19.6. The topological polar surface area (TPSA) is 104 Å². The molecule has 0 spiro atoms. The molecule has 4 rings (SSSR count). The number of nitrogens with two attached hydrogens (primary N) is 1. The Morgan fingerprint density at radius 1 is 0.939 bits per heavy atom. The van der Waals surface area contributed by atoms with Gasteiger partial charge in [0, 0.05) is 42.1 Å². The number of carbonyl (C=O) groups is 1. The fraction of sp³-hybridized carbons (Fsp3) is 0.292. The van der Waals surface area contributed by atoms with Crippen molar-refractivity contribution in [2.75, 3.05) is 12.8 Å². The number of hydrogen-bond acceptors (Lipinski definition) is 9. The second-order valence-electron chi connectivity index (χ2n) is 7.93. The maximum Gasteiger partial charge on any atom is 0.143 e. The molecule has 1 atom stereocenters. The van der Waals surface area contributed by atoms with E-state index in [0.717, 1.165) is 27.4 Å². The highest BCUT2D eigenvalue weighted by molar-refractivity contribution is 7.10. The number of anilines is 1. The zero-order valence-electron chi connectivity index (χ0n) is 19.1. The van der Waals surface area contributed by atoms with Crippen LogP contribution >= 0.6 is 23.1 Å². The normalized spacial score (nSPS) is 12.0. The first-order chi connectivity index (χ1) is 15.8. The van der Waals surface area contributed by atoms with Gasteiger partial charge in [0.2, 0.25) is 0 Å². The number of ether oxygens (including phenoxy) is 1. The van der Waals surface area contributed by atoms with Crippen LogP contribution in [-0.4, -0.2) is 37.7 Å². The van der Waals surface area contributed by atoms with Crippen LogP contribution in [0.1, 0.15) is 25.6 Å². The van der Waals surface area contributed by atoms with E-state index in [1.807, 2.05) is 81.4 Å². The van der Waals surface area contributed by atoms with Crippen LogP contribution in [0.4, 0.5) is 5.00 Å². The van der Waals surface area contributed by atoms with Crippen LogP contribution in [-0.2, 0) is 16.0 Å². The average Bonchev–Trinajstić information content (AvgIpc) is 3.49. The molecule has 1 unspecified atom stereocenters. The lowest BCUT2D eigenvalue weighted by Crippen LogP contribution is -2.37. The number of nitrogen functional groups attached to an aromatic ring is 1. The second-order valence-corrected chi connectivity index (χ2v) is 9.56. The number of nitrogens with zero attached hydrogens (tertiary/aromatic N) is 4. The monoisotopic (exact) mass is 481 g/mol. The molecule has 2 aromatic heterocycles. The van der Waals surface area contributed by atoms with Gasteiger partial charge in [-0.15, -0.1) is 10.2 Å². The molecular formula is C24H27N5O2S2. The summed E-state index contributed by atoms with van der Waals surface area (Å²) in [5.74, 6) is -0.0432. The summed E-state index contributed by atoms with van der Waals surface area (Å²) in [6.07, 6.45) is 0.343. The summed E-state index contributed by atoms with van der Waals surface area (Å²) >= 11 is 2.50. The van der Waals surface area contributed by atoms with Crippen LogP contribution in [0.15, 0.2) is 60.7 Å². The van der Waals surface area contributed by atoms with Gasteiger partial charge in [0.05, 0.1) is 10.5 Å². The van der Waals surface area contributed by atoms with E-state index in [1.54, 1.807) is 7.11 Å². The molecule has 0 aliphatic heterocycles. The van der Waals surface area contributed by atoms with Crippen molar-refractivity contribution >= 4 is 33.8 Å². The maximum absolute atomic E-state index is 12.5. The third-order valence-electron chi connectivity index (χ3n) is 5.55. The summed E-state index contributed by atoms with van der Waals surface area (Å²) in [5.41, 5.74) is 8.79. The molecule has 7 nitrogen and oxygen atoms in total. The molecule has 172 valence electrons. The van der Waals surface area contributed by atoms with Crippen molar-refractivity contribution in [2.45, 2.75) is 32.8 Å². The summed E-state index contributed by atoms with van der Waals surface area (Å²) in [6.45, 7) is 5.76. The third kappa shape index (κ3) is 6.28. The van der Waals surface area contributed by atoms with Gasteiger partial charge >= 0.3 is 0 Å². The minimum atomic E-state index is -0.470. The highest BCUT2D eigenvalue weighted by Gasteiger charge is 2.31. The van der Waals surface area contributed by atoms with E-state index in [4.69, 9.17) is 10.5 Å². The van der Waals surface area contributed by atoms with Crippen LogP contribution in [0, 0.1) is 5.92 Å². The van der Waals surface area contributed by atoms with Crippen molar-refractivity contribution < 1.29 is 9.53 Å². The molecule has 0 radical (unpaired) electrons. The number of Topliss-reactive ketones (excluding diaryl/α,β-unsaturated/α-hetero) is 1. The molecule has 0 amide bonds. The number of benzene rings is 2.